The van der Waals surface area contributed by atoms with Crippen LogP contribution in [0.1, 0.15) is 17.0 Å². The van der Waals surface area contributed by atoms with Crippen LogP contribution < -0.4 is 4.90 Å². The molecular formula is C13H12N2O4. The maximum Gasteiger partial charge on any atom is 0.305 e. The molecule has 0 aliphatic heterocycles. The number of carbonyl (C=O) groups excluding carboxylic acids is 1. The summed E-state index contributed by atoms with van der Waals surface area (Å²) in [6, 6.07) is 10.3. The van der Waals surface area contributed by atoms with E-state index in [1.165, 1.54) is 17.2 Å². The molecule has 0 saturated heterocycles. The average Bonchev–Trinajstić information content (AvgIpc) is 2.93. The molecule has 1 heterocycles. The van der Waals surface area contributed by atoms with Crippen molar-refractivity contribution >= 4 is 17.6 Å². The molecule has 1 aromatic heterocycles. The fourth-order valence-corrected chi connectivity index (χ4v) is 1.62. The molecule has 1 amide bonds. The number of aliphatic carboxylic acids is 1. The highest BCUT2D eigenvalue weighted by Crippen LogP contribution is 2.17. The first-order valence-corrected chi connectivity index (χ1v) is 5.68. The van der Waals surface area contributed by atoms with E-state index in [-0.39, 0.29) is 18.7 Å². The van der Waals surface area contributed by atoms with Gasteiger partial charge in [-0.15, -0.1) is 0 Å². The molecule has 1 aromatic carbocycles. The Balaban J connectivity index is 2.24. The summed E-state index contributed by atoms with van der Waals surface area (Å²) in [5.41, 5.74) is 0.616. The van der Waals surface area contributed by atoms with Crippen LogP contribution in [-0.2, 0) is 4.79 Å². The largest absolute Gasteiger partial charge is 0.481 e. The number of nitrogens with zero attached hydrogens (tertiary/aromatic N) is 2. The van der Waals surface area contributed by atoms with E-state index < -0.39 is 11.9 Å². The van der Waals surface area contributed by atoms with Crippen molar-refractivity contribution in [2.75, 3.05) is 11.4 Å². The SMILES string of the molecule is O=C(O)CCN(C(=O)c1ccno1)c1ccccc1. The monoisotopic (exact) mass is 260 g/mol. The molecule has 0 saturated carbocycles. The van der Waals surface area contributed by atoms with Crippen LogP contribution in [0.2, 0.25) is 0 Å². The zero-order chi connectivity index (χ0) is 13.7. The number of hydrogen-bond acceptors (Lipinski definition) is 4. The van der Waals surface area contributed by atoms with E-state index in [4.69, 9.17) is 9.63 Å². The summed E-state index contributed by atoms with van der Waals surface area (Å²) in [4.78, 5) is 24.2. The van der Waals surface area contributed by atoms with Gasteiger partial charge in [-0.05, 0) is 12.1 Å². The number of carboxylic acid groups (broad SMARTS) is 1. The number of aromatic nitrogens is 1. The fourth-order valence-electron chi connectivity index (χ4n) is 1.62. The fraction of sp³-hybridized carbons (Fsp3) is 0.154. The quantitative estimate of drug-likeness (QED) is 0.886. The summed E-state index contributed by atoms with van der Waals surface area (Å²) in [6.45, 7) is 0.0683. The third kappa shape index (κ3) is 3.19. The predicted molar refractivity (Wildman–Crippen MR) is 66.9 cm³/mol. The van der Waals surface area contributed by atoms with Gasteiger partial charge in [-0.3, -0.25) is 9.59 Å². The van der Waals surface area contributed by atoms with Gasteiger partial charge in [0.25, 0.3) is 5.91 Å². The summed E-state index contributed by atoms with van der Waals surface area (Å²) < 4.78 is 4.82. The third-order valence-corrected chi connectivity index (χ3v) is 2.51. The molecular weight excluding hydrogens is 248 g/mol. The first-order chi connectivity index (χ1) is 9.18. The van der Waals surface area contributed by atoms with Gasteiger partial charge in [0.2, 0.25) is 5.76 Å². The zero-order valence-electron chi connectivity index (χ0n) is 10.0. The average molecular weight is 260 g/mol. The molecule has 19 heavy (non-hydrogen) atoms. The van der Waals surface area contributed by atoms with Crippen LogP contribution in [0, 0.1) is 0 Å². The van der Waals surface area contributed by atoms with Crippen molar-refractivity contribution in [3.63, 3.8) is 0 Å². The van der Waals surface area contributed by atoms with Gasteiger partial charge < -0.3 is 14.5 Å². The van der Waals surface area contributed by atoms with Crippen LogP contribution in [0.3, 0.4) is 0 Å². The lowest BCUT2D eigenvalue weighted by atomic mass is 10.2. The number of para-hydroxylation sites is 1. The highest BCUT2D eigenvalue weighted by atomic mass is 16.5. The minimum Gasteiger partial charge on any atom is -0.481 e. The van der Waals surface area contributed by atoms with Gasteiger partial charge in [0.1, 0.15) is 0 Å². The van der Waals surface area contributed by atoms with Gasteiger partial charge in [-0.25, -0.2) is 0 Å². The molecule has 0 aliphatic rings. The molecule has 0 unspecified atom stereocenters. The summed E-state index contributed by atoms with van der Waals surface area (Å²) in [7, 11) is 0. The smallest absolute Gasteiger partial charge is 0.305 e. The minimum atomic E-state index is -0.966. The van der Waals surface area contributed by atoms with E-state index in [1.807, 2.05) is 6.07 Å². The molecule has 2 rings (SSSR count). The van der Waals surface area contributed by atoms with Crippen LogP contribution in [0.4, 0.5) is 5.69 Å². The second-order valence-corrected chi connectivity index (χ2v) is 3.81. The Kier molecular flexibility index (Phi) is 3.92. The van der Waals surface area contributed by atoms with Gasteiger partial charge in [-0.1, -0.05) is 23.4 Å². The number of carbonyl (C=O) groups is 2. The van der Waals surface area contributed by atoms with Gasteiger partial charge in [-0.2, -0.15) is 0 Å². The molecule has 0 atom stereocenters. The molecule has 0 spiro atoms. The van der Waals surface area contributed by atoms with Crippen LogP contribution in [-0.4, -0.2) is 28.7 Å². The summed E-state index contributed by atoms with van der Waals surface area (Å²) in [5.74, 6) is -1.30. The molecule has 0 fully saturated rings. The standard InChI is InChI=1S/C13H12N2O4/c16-12(17)7-9-15(10-4-2-1-3-5-10)13(18)11-6-8-14-19-11/h1-6,8H,7,9H2,(H,16,17). The van der Waals surface area contributed by atoms with Crippen molar-refractivity contribution in [1.82, 2.24) is 5.16 Å². The molecule has 6 heteroatoms. The Hall–Kier alpha value is -2.63. The molecule has 0 bridgehead atoms. The molecule has 1 N–H and O–H groups in total. The molecule has 2 aromatic rings. The normalized spacial score (nSPS) is 10.1. The van der Waals surface area contributed by atoms with Crippen molar-refractivity contribution in [2.45, 2.75) is 6.42 Å². The number of anilines is 1. The van der Waals surface area contributed by atoms with Crippen molar-refractivity contribution in [2.24, 2.45) is 0 Å². The van der Waals surface area contributed by atoms with Crippen molar-refractivity contribution in [1.29, 1.82) is 0 Å². The molecule has 0 radical (unpaired) electrons. The van der Waals surface area contributed by atoms with Crippen molar-refractivity contribution in [3.8, 4) is 0 Å². The first-order valence-electron chi connectivity index (χ1n) is 5.68. The zero-order valence-corrected chi connectivity index (χ0v) is 10.0. The summed E-state index contributed by atoms with van der Waals surface area (Å²) >= 11 is 0. The summed E-state index contributed by atoms with van der Waals surface area (Å²) in [6.07, 6.45) is 1.22. The molecule has 98 valence electrons. The van der Waals surface area contributed by atoms with E-state index >= 15 is 0 Å². The maximum atomic E-state index is 12.2. The predicted octanol–water partition coefficient (Wildman–Crippen LogP) is 1.80. The van der Waals surface area contributed by atoms with E-state index in [2.05, 4.69) is 5.16 Å². The van der Waals surface area contributed by atoms with Crippen LogP contribution in [0.15, 0.2) is 47.1 Å². The number of rotatable bonds is 5. The lowest BCUT2D eigenvalue weighted by Crippen LogP contribution is -2.32. The van der Waals surface area contributed by atoms with Gasteiger partial charge >= 0.3 is 5.97 Å². The Morgan fingerprint density at radius 2 is 1.95 bits per heavy atom. The van der Waals surface area contributed by atoms with Crippen molar-refractivity contribution < 1.29 is 19.2 Å². The first kappa shape index (κ1) is 12.8. The van der Waals surface area contributed by atoms with Crippen LogP contribution in [0.25, 0.3) is 0 Å². The Bertz CT molecular complexity index is 551. The highest BCUT2D eigenvalue weighted by molar-refractivity contribution is 6.04. The Morgan fingerprint density at radius 3 is 2.53 bits per heavy atom. The molecule has 6 nitrogen and oxygen atoms in total. The minimum absolute atomic E-state index is 0.0683. The number of hydrogen-bond donors (Lipinski definition) is 1. The van der Waals surface area contributed by atoms with E-state index in [9.17, 15) is 9.59 Å². The Labute approximate surface area is 109 Å². The van der Waals surface area contributed by atoms with E-state index in [0.717, 1.165) is 0 Å². The second-order valence-electron chi connectivity index (χ2n) is 3.81. The highest BCUT2D eigenvalue weighted by Gasteiger charge is 2.21. The summed E-state index contributed by atoms with van der Waals surface area (Å²) in [5, 5.41) is 12.2. The van der Waals surface area contributed by atoms with Crippen LogP contribution in [0.5, 0.6) is 0 Å². The third-order valence-electron chi connectivity index (χ3n) is 2.51. The van der Waals surface area contributed by atoms with Gasteiger partial charge in [0, 0.05) is 18.3 Å². The topological polar surface area (TPSA) is 83.6 Å². The van der Waals surface area contributed by atoms with Gasteiger partial charge in [0.15, 0.2) is 0 Å². The van der Waals surface area contributed by atoms with Crippen molar-refractivity contribution in [3.05, 3.63) is 48.4 Å². The van der Waals surface area contributed by atoms with E-state index in [0.29, 0.717) is 5.69 Å². The maximum absolute atomic E-state index is 12.2. The Morgan fingerprint density at radius 1 is 1.21 bits per heavy atom. The van der Waals surface area contributed by atoms with Crippen LogP contribution >= 0.6 is 0 Å². The number of carboxylic acids is 1. The number of benzene rings is 1. The number of amides is 1. The lowest BCUT2D eigenvalue weighted by molar-refractivity contribution is -0.136. The van der Waals surface area contributed by atoms with E-state index in [1.54, 1.807) is 24.3 Å². The second kappa shape index (κ2) is 5.81. The molecule has 0 aliphatic carbocycles. The van der Waals surface area contributed by atoms with Gasteiger partial charge in [0.05, 0.1) is 12.6 Å². The lowest BCUT2D eigenvalue weighted by Gasteiger charge is -2.20.